The Morgan fingerprint density at radius 1 is 1.33 bits per heavy atom. The van der Waals surface area contributed by atoms with Crippen molar-refractivity contribution in [2.45, 2.75) is 53.1 Å². The number of nitrogens with one attached hydrogen (secondary N) is 1. The molecule has 4 nitrogen and oxygen atoms in total. The van der Waals surface area contributed by atoms with E-state index in [0.717, 1.165) is 49.4 Å². The van der Waals surface area contributed by atoms with Crippen LogP contribution in [0.5, 0.6) is 0 Å². The van der Waals surface area contributed by atoms with E-state index in [9.17, 15) is 0 Å². The zero-order valence-electron chi connectivity index (χ0n) is 13.7. The molecular formula is C16H29ClN4. The smallest absolute Gasteiger partial charge is 0.0860 e. The lowest BCUT2D eigenvalue weighted by atomic mass is 9.97. The third-order valence-electron chi connectivity index (χ3n) is 4.34. The van der Waals surface area contributed by atoms with Gasteiger partial charge in [-0.3, -0.25) is 9.58 Å². The second-order valence-electron chi connectivity index (χ2n) is 6.09. The zero-order chi connectivity index (χ0) is 15.2. The molecule has 1 saturated heterocycles. The molecule has 1 aromatic rings. The van der Waals surface area contributed by atoms with Crippen LogP contribution >= 0.6 is 11.6 Å². The molecule has 2 heterocycles. The monoisotopic (exact) mass is 312 g/mol. The first-order valence-electron chi connectivity index (χ1n) is 8.30. The Morgan fingerprint density at radius 3 is 2.67 bits per heavy atom. The van der Waals surface area contributed by atoms with E-state index in [2.05, 4.69) is 33.8 Å². The summed E-state index contributed by atoms with van der Waals surface area (Å²) in [6, 6.07) is 0. The molecule has 0 aliphatic carbocycles. The van der Waals surface area contributed by atoms with Crippen LogP contribution < -0.4 is 5.32 Å². The molecule has 0 spiro atoms. The third-order valence-corrected chi connectivity index (χ3v) is 4.83. The van der Waals surface area contributed by atoms with Gasteiger partial charge >= 0.3 is 0 Å². The molecule has 0 unspecified atom stereocenters. The van der Waals surface area contributed by atoms with Crippen LogP contribution in [0.3, 0.4) is 0 Å². The fourth-order valence-corrected chi connectivity index (χ4v) is 3.41. The van der Waals surface area contributed by atoms with Crippen molar-refractivity contribution in [3.63, 3.8) is 0 Å². The fourth-order valence-electron chi connectivity index (χ4n) is 3.21. The van der Waals surface area contributed by atoms with Gasteiger partial charge in [0.05, 0.1) is 16.4 Å². The summed E-state index contributed by atoms with van der Waals surface area (Å²) in [6.07, 6.45) is 3.77. The number of halogens is 1. The summed E-state index contributed by atoms with van der Waals surface area (Å²) in [6.45, 7) is 12.8. The predicted octanol–water partition coefficient (Wildman–Crippen LogP) is 3.08. The summed E-state index contributed by atoms with van der Waals surface area (Å²) in [5.41, 5.74) is 2.13. The Hall–Kier alpha value is -0.580. The highest BCUT2D eigenvalue weighted by molar-refractivity contribution is 6.31. The molecule has 5 heteroatoms. The Kier molecular flexibility index (Phi) is 6.52. The quantitative estimate of drug-likeness (QED) is 0.840. The minimum atomic E-state index is 0.815. The van der Waals surface area contributed by atoms with Crippen LogP contribution in [0, 0.1) is 12.8 Å². The van der Waals surface area contributed by atoms with Crippen LogP contribution in [0.25, 0.3) is 0 Å². The summed E-state index contributed by atoms with van der Waals surface area (Å²) in [5, 5.41) is 8.83. The van der Waals surface area contributed by atoms with Crippen molar-refractivity contribution in [3.8, 4) is 0 Å². The molecular weight excluding hydrogens is 284 g/mol. The van der Waals surface area contributed by atoms with Crippen LogP contribution in [0.2, 0.25) is 5.02 Å². The van der Waals surface area contributed by atoms with Crippen molar-refractivity contribution < 1.29 is 0 Å². The van der Waals surface area contributed by atoms with Gasteiger partial charge in [-0.2, -0.15) is 5.10 Å². The number of hydrogen-bond acceptors (Lipinski definition) is 3. The molecule has 0 aromatic carbocycles. The molecule has 1 aliphatic heterocycles. The van der Waals surface area contributed by atoms with Crippen LogP contribution in [-0.4, -0.2) is 40.9 Å². The lowest BCUT2D eigenvalue weighted by Crippen LogP contribution is -2.36. The van der Waals surface area contributed by atoms with Gasteiger partial charge in [0, 0.05) is 19.6 Å². The Bertz CT molecular complexity index is 438. The van der Waals surface area contributed by atoms with E-state index in [1.165, 1.54) is 31.5 Å². The van der Waals surface area contributed by atoms with Gasteiger partial charge in [-0.15, -0.1) is 0 Å². The highest BCUT2D eigenvalue weighted by Gasteiger charge is 2.20. The summed E-state index contributed by atoms with van der Waals surface area (Å²) in [4.78, 5) is 2.56. The van der Waals surface area contributed by atoms with E-state index in [1.54, 1.807) is 0 Å². The van der Waals surface area contributed by atoms with Crippen molar-refractivity contribution in [2.24, 2.45) is 5.92 Å². The summed E-state index contributed by atoms with van der Waals surface area (Å²) in [5.74, 6) is 0.815. The van der Waals surface area contributed by atoms with Crippen molar-refractivity contribution >= 4 is 11.6 Å². The molecule has 0 radical (unpaired) electrons. The molecule has 1 aliphatic rings. The van der Waals surface area contributed by atoms with E-state index in [1.807, 2.05) is 6.92 Å². The maximum atomic E-state index is 6.46. The molecule has 120 valence electrons. The third kappa shape index (κ3) is 4.44. The van der Waals surface area contributed by atoms with E-state index in [4.69, 9.17) is 11.6 Å². The largest absolute Gasteiger partial charge is 0.317 e. The Labute approximate surface area is 133 Å². The van der Waals surface area contributed by atoms with Crippen LogP contribution in [-0.2, 0) is 13.1 Å². The molecule has 2 rings (SSSR count). The van der Waals surface area contributed by atoms with Crippen LogP contribution in [0.15, 0.2) is 0 Å². The van der Waals surface area contributed by atoms with Crippen molar-refractivity contribution in [2.75, 3.05) is 26.2 Å². The summed E-state index contributed by atoms with van der Waals surface area (Å²) < 4.78 is 2.06. The first-order valence-corrected chi connectivity index (χ1v) is 8.68. The van der Waals surface area contributed by atoms with Crippen LogP contribution in [0.1, 0.15) is 44.5 Å². The standard InChI is InChI=1S/C16H29ClN4/c1-4-10-20(11-14-6-8-18-9-7-14)12-15-16(17)13(3)19-21(15)5-2/h14,18H,4-12H2,1-3H3. The molecule has 1 fully saturated rings. The summed E-state index contributed by atoms with van der Waals surface area (Å²) in [7, 11) is 0. The van der Waals surface area contributed by atoms with Gasteiger partial charge in [0.2, 0.25) is 0 Å². The minimum Gasteiger partial charge on any atom is -0.317 e. The van der Waals surface area contributed by atoms with Gasteiger partial charge < -0.3 is 5.32 Å². The average molecular weight is 313 g/mol. The molecule has 1 N–H and O–H groups in total. The lowest BCUT2D eigenvalue weighted by molar-refractivity contribution is 0.194. The first-order chi connectivity index (χ1) is 10.2. The second-order valence-corrected chi connectivity index (χ2v) is 6.47. The second kappa shape index (κ2) is 8.16. The summed E-state index contributed by atoms with van der Waals surface area (Å²) >= 11 is 6.46. The van der Waals surface area contributed by atoms with Gasteiger partial charge in [-0.25, -0.2) is 0 Å². The van der Waals surface area contributed by atoms with Crippen molar-refractivity contribution in [1.29, 1.82) is 0 Å². The highest BCUT2D eigenvalue weighted by atomic mass is 35.5. The minimum absolute atomic E-state index is 0.815. The molecule has 1 aromatic heterocycles. The molecule has 21 heavy (non-hydrogen) atoms. The van der Waals surface area contributed by atoms with Crippen molar-refractivity contribution in [1.82, 2.24) is 20.0 Å². The first kappa shape index (κ1) is 16.8. The number of aromatic nitrogens is 2. The number of rotatable bonds is 7. The van der Waals surface area contributed by atoms with Gasteiger partial charge in [-0.05, 0) is 58.7 Å². The number of nitrogens with zero attached hydrogens (tertiary/aromatic N) is 3. The van der Waals surface area contributed by atoms with Gasteiger partial charge in [-0.1, -0.05) is 18.5 Å². The topological polar surface area (TPSA) is 33.1 Å². The lowest BCUT2D eigenvalue weighted by Gasteiger charge is -2.30. The van der Waals surface area contributed by atoms with Gasteiger partial charge in [0.25, 0.3) is 0 Å². The zero-order valence-corrected chi connectivity index (χ0v) is 14.4. The van der Waals surface area contributed by atoms with Gasteiger partial charge in [0.15, 0.2) is 0 Å². The Balaban J connectivity index is 2.04. The molecule has 0 amide bonds. The van der Waals surface area contributed by atoms with E-state index >= 15 is 0 Å². The number of hydrogen-bond donors (Lipinski definition) is 1. The van der Waals surface area contributed by atoms with E-state index < -0.39 is 0 Å². The van der Waals surface area contributed by atoms with E-state index in [-0.39, 0.29) is 0 Å². The SMILES string of the molecule is CCCN(Cc1c(Cl)c(C)nn1CC)CC1CCNCC1. The fraction of sp³-hybridized carbons (Fsp3) is 0.812. The normalized spacial score (nSPS) is 16.8. The number of piperidine rings is 1. The molecule has 0 bridgehead atoms. The van der Waals surface area contributed by atoms with Crippen molar-refractivity contribution in [3.05, 3.63) is 16.4 Å². The molecule has 0 atom stereocenters. The van der Waals surface area contributed by atoms with E-state index in [0.29, 0.717) is 0 Å². The average Bonchev–Trinajstić information content (AvgIpc) is 2.76. The molecule has 0 saturated carbocycles. The Morgan fingerprint density at radius 2 is 2.05 bits per heavy atom. The van der Waals surface area contributed by atoms with Gasteiger partial charge in [0.1, 0.15) is 0 Å². The maximum Gasteiger partial charge on any atom is 0.0860 e. The predicted molar refractivity (Wildman–Crippen MR) is 88.8 cm³/mol. The van der Waals surface area contributed by atoms with Crippen LogP contribution in [0.4, 0.5) is 0 Å². The number of aryl methyl sites for hydroxylation is 2. The highest BCUT2D eigenvalue weighted by Crippen LogP contribution is 2.23. The maximum absolute atomic E-state index is 6.46.